The maximum absolute atomic E-state index is 6.11. The standard InChI is InChI=1S/C26H16N2O/c1-2-9-18(10-3-1)24-23-21-12-6-7-13-22(21)29-26(23)28-25(27-24)20-15-14-17-8-4-5-11-19(17)16-20/h1-16H. The molecule has 2 aromatic heterocycles. The molecule has 0 amide bonds. The Kier molecular flexibility index (Phi) is 3.47. The summed E-state index contributed by atoms with van der Waals surface area (Å²) in [5.74, 6) is 0.668. The van der Waals surface area contributed by atoms with E-state index in [0.717, 1.165) is 33.2 Å². The number of hydrogen-bond donors (Lipinski definition) is 0. The van der Waals surface area contributed by atoms with Crippen LogP contribution < -0.4 is 0 Å². The monoisotopic (exact) mass is 372 g/mol. The molecule has 0 aliphatic heterocycles. The van der Waals surface area contributed by atoms with Crippen LogP contribution in [0.5, 0.6) is 0 Å². The van der Waals surface area contributed by atoms with Crippen molar-refractivity contribution in [3.05, 3.63) is 97.1 Å². The Balaban J connectivity index is 1.68. The first-order valence-corrected chi connectivity index (χ1v) is 9.61. The van der Waals surface area contributed by atoms with Gasteiger partial charge in [0.15, 0.2) is 5.82 Å². The van der Waals surface area contributed by atoms with E-state index in [1.54, 1.807) is 0 Å². The van der Waals surface area contributed by atoms with Gasteiger partial charge in [0.05, 0.1) is 11.1 Å². The molecule has 0 aliphatic rings. The topological polar surface area (TPSA) is 38.9 Å². The van der Waals surface area contributed by atoms with Gasteiger partial charge in [-0.1, -0.05) is 84.9 Å². The van der Waals surface area contributed by atoms with Crippen molar-refractivity contribution in [3.8, 4) is 22.6 Å². The van der Waals surface area contributed by atoms with E-state index >= 15 is 0 Å². The summed E-state index contributed by atoms with van der Waals surface area (Å²) in [6.07, 6.45) is 0. The lowest BCUT2D eigenvalue weighted by Crippen LogP contribution is -1.93. The van der Waals surface area contributed by atoms with E-state index in [1.807, 2.05) is 48.5 Å². The highest BCUT2D eigenvalue weighted by molar-refractivity contribution is 6.10. The quantitative estimate of drug-likeness (QED) is 0.333. The molecule has 4 aromatic carbocycles. The van der Waals surface area contributed by atoms with Gasteiger partial charge < -0.3 is 4.42 Å². The molecule has 29 heavy (non-hydrogen) atoms. The summed E-state index contributed by atoms with van der Waals surface area (Å²) in [6.45, 7) is 0. The summed E-state index contributed by atoms with van der Waals surface area (Å²) in [7, 11) is 0. The predicted octanol–water partition coefficient (Wildman–Crippen LogP) is 6.86. The fourth-order valence-electron chi connectivity index (χ4n) is 3.89. The number of hydrogen-bond acceptors (Lipinski definition) is 3. The first-order valence-electron chi connectivity index (χ1n) is 9.61. The van der Waals surface area contributed by atoms with Gasteiger partial charge in [-0.25, -0.2) is 4.98 Å². The summed E-state index contributed by atoms with van der Waals surface area (Å²) >= 11 is 0. The third-order valence-corrected chi connectivity index (χ3v) is 5.29. The fraction of sp³-hybridized carbons (Fsp3) is 0. The van der Waals surface area contributed by atoms with Crippen LogP contribution in [0.1, 0.15) is 0 Å². The summed E-state index contributed by atoms with van der Waals surface area (Å²) in [4.78, 5) is 9.80. The molecule has 0 saturated heterocycles. The Labute approximate surface area is 167 Å². The molecule has 6 rings (SSSR count). The van der Waals surface area contributed by atoms with E-state index < -0.39 is 0 Å². The lowest BCUT2D eigenvalue weighted by Gasteiger charge is -2.07. The summed E-state index contributed by atoms with van der Waals surface area (Å²) in [6, 6.07) is 32.9. The highest BCUT2D eigenvalue weighted by Crippen LogP contribution is 2.36. The number of para-hydroxylation sites is 1. The first kappa shape index (κ1) is 16.0. The molecule has 0 radical (unpaired) electrons. The van der Waals surface area contributed by atoms with Crippen LogP contribution in [0.2, 0.25) is 0 Å². The van der Waals surface area contributed by atoms with Crippen LogP contribution in [0.25, 0.3) is 55.5 Å². The Morgan fingerprint density at radius 3 is 2.24 bits per heavy atom. The van der Waals surface area contributed by atoms with E-state index in [0.29, 0.717) is 11.5 Å². The van der Waals surface area contributed by atoms with Gasteiger partial charge in [-0.3, -0.25) is 0 Å². The van der Waals surface area contributed by atoms with Crippen LogP contribution in [0.3, 0.4) is 0 Å². The molecule has 0 spiro atoms. The molecule has 2 heterocycles. The molecule has 3 nitrogen and oxygen atoms in total. The van der Waals surface area contributed by atoms with Crippen molar-refractivity contribution in [1.29, 1.82) is 0 Å². The maximum atomic E-state index is 6.11. The Hall–Kier alpha value is -3.98. The molecule has 0 unspecified atom stereocenters. The molecule has 0 fully saturated rings. The molecule has 6 aromatic rings. The first-order chi connectivity index (χ1) is 14.4. The van der Waals surface area contributed by atoms with Gasteiger partial charge in [-0.05, 0) is 22.9 Å². The third kappa shape index (κ3) is 2.59. The third-order valence-electron chi connectivity index (χ3n) is 5.29. The molecule has 0 atom stereocenters. The zero-order valence-electron chi connectivity index (χ0n) is 15.5. The number of aromatic nitrogens is 2. The minimum absolute atomic E-state index is 0.614. The molecule has 0 bridgehead atoms. The van der Waals surface area contributed by atoms with Crippen LogP contribution in [0.4, 0.5) is 0 Å². The smallest absolute Gasteiger partial charge is 0.231 e. The van der Waals surface area contributed by atoms with Crippen molar-refractivity contribution >= 4 is 32.8 Å². The zero-order valence-corrected chi connectivity index (χ0v) is 15.5. The largest absolute Gasteiger partial charge is 0.438 e. The van der Waals surface area contributed by atoms with E-state index in [-0.39, 0.29) is 0 Å². The van der Waals surface area contributed by atoms with Crippen LogP contribution in [0.15, 0.2) is 101 Å². The Morgan fingerprint density at radius 2 is 1.34 bits per heavy atom. The second-order valence-electron chi connectivity index (χ2n) is 7.10. The molecule has 136 valence electrons. The van der Waals surface area contributed by atoms with Gasteiger partial charge in [0, 0.05) is 16.5 Å². The second-order valence-corrected chi connectivity index (χ2v) is 7.10. The van der Waals surface area contributed by atoms with Gasteiger partial charge in [0.2, 0.25) is 5.71 Å². The minimum Gasteiger partial charge on any atom is -0.438 e. The van der Waals surface area contributed by atoms with Crippen molar-refractivity contribution < 1.29 is 4.42 Å². The average Bonchev–Trinajstić information content (AvgIpc) is 3.17. The van der Waals surface area contributed by atoms with Crippen LogP contribution in [-0.4, -0.2) is 9.97 Å². The molecular formula is C26H16N2O. The van der Waals surface area contributed by atoms with Crippen molar-refractivity contribution in [2.75, 3.05) is 0 Å². The van der Waals surface area contributed by atoms with Gasteiger partial charge in [-0.15, -0.1) is 0 Å². The molecule has 0 N–H and O–H groups in total. The average molecular weight is 372 g/mol. The van der Waals surface area contributed by atoms with Crippen LogP contribution in [0, 0.1) is 0 Å². The molecule has 0 aliphatic carbocycles. The van der Waals surface area contributed by atoms with Crippen LogP contribution >= 0.6 is 0 Å². The number of benzene rings is 4. The zero-order chi connectivity index (χ0) is 19.2. The lowest BCUT2D eigenvalue weighted by molar-refractivity contribution is 0.653. The Bertz CT molecular complexity index is 1500. The Morgan fingerprint density at radius 1 is 0.586 bits per heavy atom. The maximum Gasteiger partial charge on any atom is 0.231 e. The van der Waals surface area contributed by atoms with Gasteiger partial charge >= 0.3 is 0 Å². The lowest BCUT2D eigenvalue weighted by atomic mass is 10.0. The minimum atomic E-state index is 0.614. The van der Waals surface area contributed by atoms with Gasteiger partial charge in [0.25, 0.3) is 0 Å². The molecular weight excluding hydrogens is 356 g/mol. The van der Waals surface area contributed by atoms with E-state index in [2.05, 4.69) is 48.5 Å². The number of nitrogens with zero attached hydrogens (tertiary/aromatic N) is 2. The number of rotatable bonds is 2. The number of fused-ring (bicyclic) bond motifs is 4. The predicted molar refractivity (Wildman–Crippen MR) is 118 cm³/mol. The second kappa shape index (κ2) is 6.28. The SMILES string of the molecule is c1ccc(-c2nc(-c3ccc4ccccc4c3)nc3oc4ccccc4c23)cc1. The van der Waals surface area contributed by atoms with E-state index in [1.165, 1.54) is 10.8 Å². The summed E-state index contributed by atoms with van der Waals surface area (Å²) in [5.41, 5.74) is 4.35. The molecule has 0 saturated carbocycles. The fourth-order valence-corrected chi connectivity index (χ4v) is 3.89. The number of furan rings is 1. The highest BCUT2D eigenvalue weighted by Gasteiger charge is 2.17. The molecule has 3 heteroatoms. The van der Waals surface area contributed by atoms with Crippen molar-refractivity contribution in [1.82, 2.24) is 9.97 Å². The van der Waals surface area contributed by atoms with Gasteiger partial charge in [-0.2, -0.15) is 4.98 Å². The van der Waals surface area contributed by atoms with Crippen molar-refractivity contribution in [2.45, 2.75) is 0 Å². The normalized spacial score (nSPS) is 11.4. The van der Waals surface area contributed by atoms with Crippen molar-refractivity contribution in [3.63, 3.8) is 0 Å². The van der Waals surface area contributed by atoms with Crippen LogP contribution in [-0.2, 0) is 0 Å². The highest BCUT2D eigenvalue weighted by atomic mass is 16.3. The van der Waals surface area contributed by atoms with Gasteiger partial charge in [0.1, 0.15) is 5.58 Å². The summed E-state index contributed by atoms with van der Waals surface area (Å²) in [5, 5.41) is 4.35. The van der Waals surface area contributed by atoms with Crippen molar-refractivity contribution in [2.24, 2.45) is 0 Å². The summed E-state index contributed by atoms with van der Waals surface area (Å²) < 4.78 is 6.11. The van der Waals surface area contributed by atoms with E-state index in [9.17, 15) is 0 Å². The van der Waals surface area contributed by atoms with E-state index in [4.69, 9.17) is 14.4 Å².